The highest BCUT2D eigenvalue weighted by molar-refractivity contribution is 5.89. The van der Waals surface area contributed by atoms with Crippen LogP contribution in [0.3, 0.4) is 0 Å². The van der Waals surface area contributed by atoms with Crippen molar-refractivity contribution >= 4 is 5.97 Å². The van der Waals surface area contributed by atoms with Crippen LogP contribution in [-0.4, -0.2) is 25.3 Å². The molecule has 2 aliphatic heterocycles. The molecule has 0 amide bonds. The first-order valence-electron chi connectivity index (χ1n) is 3.93. The van der Waals surface area contributed by atoms with Gasteiger partial charge in [-0.25, -0.2) is 14.6 Å². The molecule has 3 aliphatic rings. The molecular weight excluding hydrogens is 160 g/mol. The van der Waals surface area contributed by atoms with E-state index >= 15 is 0 Å². The van der Waals surface area contributed by atoms with Crippen LogP contribution in [-0.2, 0) is 19.3 Å². The first-order chi connectivity index (χ1) is 5.81. The molecule has 1 saturated heterocycles. The fraction of sp³-hybridized carbons (Fsp3) is 0.625. The van der Waals surface area contributed by atoms with Gasteiger partial charge in [0, 0.05) is 0 Å². The molecule has 0 saturated carbocycles. The summed E-state index contributed by atoms with van der Waals surface area (Å²) >= 11 is 0. The minimum absolute atomic E-state index is 0.0656. The van der Waals surface area contributed by atoms with Crippen molar-refractivity contribution < 1.29 is 19.3 Å². The van der Waals surface area contributed by atoms with Crippen LogP contribution < -0.4 is 0 Å². The molecule has 2 bridgehead atoms. The fourth-order valence-corrected chi connectivity index (χ4v) is 1.49. The Morgan fingerprint density at radius 1 is 1.58 bits per heavy atom. The van der Waals surface area contributed by atoms with Gasteiger partial charge in [-0.1, -0.05) is 0 Å². The molecule has 1 aliphatic carbocycles. The van der Waals surface area contributed by atoms with E-state index in [1.165, 1.54) is 7.11 Å². The Morgan fingerprint density at radius 3 is 2.83 bits per heavy atom. The van der Waals surface area contributed by atoms with E-state index in [9.17, 15) is 4.79 Å². The maximum atomic E-state index is 11.1. The van der Waals surface area contributed by atoms with Crippen LogP contribution in [0.1, 0.15) is 12.8 Å². The molecule has 0 unspecified atom stereocenters. The van der Waals surface area contributed by atoms with Crippen LogP contribution in [0.5, 0.6) is 0 Å². The van der Waals surface area contributed by atoms with Crippen molar-refractivity contribution in [2.45, 2.75) is 25.0 Å². The van der Waals surface area contributed by atoms with Gasteiger partial charge in [0.05, 0.1) is 12.7 Å². The van der Waals surface area contributed by atoms with Crippen molar-refractivity contribution in [3.8, 4) is 0 Å². The SMILES string of the molecule is COC(=O)C1=C[C@@H]2CC[C@H]1OO2. The van der Waals surface area contributed by atoms with E-state index in [1.807, 2.05) is 0 Å². The molecule has 0 aromatic carbocycles. The Labute approximate surface area is 70.0 Å². The normalized spacial score (nSPS) is 32.9. The molecule has 12 heavy (non-hydrogen) atoms. The summed E-state index contributed by atoms with van der Waals surface area (Å²) in [5.41, 5.74) is 0.597. The van der Waals surface area contributed by atoms with Gasteiger partial charge >= 0.3 is 5.97 Å². The minimum Gasteiger partial charge on any atom is -0.466 e. The number of rotatable bonds is 1. The minimum atomic E-state index is -0.312. The zero-order chi connectivity index (χ0) is 8.55. The summed E-state index contributed by atoms with van der Waals surface area (Å²) in [6.45, 7) is 0. The molecule has 0 spiro atoms. The van der Waals surface area contributed by atoms with Crippen molar-refractivity contribution in [2.75, 3.05) is 7.11 Å². The van der Waals surface area contributed by atoms with Gasteiger partial charge in [-0.2, -0.15) is 0 Å². The molecule has 2 atom stereocenters. The third-order valence-electron chi connectivity index (χ3n) is 2.14. The molecule has 0 aromatic rings. The molecule has 1 fully saturated rings. The van der Waals surface area contributed by atoms with Crippen LogP contribution in [0, 0.1) is 0 Å². The van der Waals surface area contributed by atoms with Crippen LogP contribution in [0.2, 0.25) is 0 Å². The van der Waals surface area contributed by atoms with Crippen molar-refractivity contribution in [2.24, 2.45) is 0 Å². The Balaban J connectivity index is 2.20. The van der Waals surface area contributed by atoms with Crippen LogP contribution in [0.25, 0.3) is 0 Å². The van der Waals surface area contributed by atoms with E-state index in [1.54, 1.807) is 6.08 Å². The van der Waals surface area contributed by atoms with Crippen LogP contribution >= 0.6 is 0 Å². The van der Waals surface area contributed by atoms with Crippen molar-refractivity contribution in [3.05, 3.63) is 11.6 Å². The summed E-state index contributed by atoms with van der Waals surface area (Å²) in [6, 6.07) is 0. The van der Waals surface area contributed by atoms with Gasteiger partial charge < -0.3 is 4.74 Å². The molecular formula is C8H10O4. The molecule has 0 aromatic heterocycles. The van der Waals surface area contributed by atoms with E-state index in [0.29, 0.717) is 5.57 Å². The van der Waals surface area contributed by atoms with Gasteiger partial charge in [0.15, 0.2) is 0 Å². The van der Waals surface area contributed by atoms with Crippen molar-refractivity contribution in [3.63, 3.8) is 0 Å². The van der Waals surface area contributed by atoms with Crippen LogP contribution in [0.4, 0.5) is 0 Å². The summed E-state index contributed by atoms with van der Waals surface area (Å²) in [4.78, 5) is 21.0. The fourth-order valence-electron chi connectivity index (χ4n) is 1.49. The molecule has 4 heteroatoms. The van der Waals surface area contributed by atoms with Gasteiger partial charge in [0.1, 0.15) is 12.2 Å². The maximum absolute atomic E-state index is 11.1. The lowest BCUT2D eigenvalue weighted by atomic mass is 9.94. The lowest BCUT2D eigenvalue weighted by Crippen LogP contribution is -2.37. The number of carbonyl (C=O) groups excluding carboxylic acids is 1. The van der Waals surface area contributed by atoms with Crippen molar-refractivity contribution in [1.82, 2.24) is 0 Å². The highest BCUT2D eigenvalue weighted by Crippen LogP contribution is 2.30. The van der Waals surface area contributed by atoms with E-state index in [4.69, 9.17) is 9.78 Å². The number of hydrogen-bond donors (Lipinski definition) is 0. The first-order valence-corrected chi connectivity index (χ1v) is 3.93. The van der Waals surface area contributed by atoms with E-state index in [2.05, 4.69) is 4.74 Å². The quantitative estimate of drug-likeness (QED) is 0.426. The highest BCUT2D eigenvalue weighted by Gasteiger charge is 2.35. The number of carbonyl (C=O) groups is 1. The van der Waals surface area contributed by atoms with Crippen LogP contribution in [0.15, 0.2) is 11.6 Å². The summed E-state index contributed by atoms with van der Waals surface area (Å²) < 4.78 is 4.60. The highest BCUT2D eigenvalue weighted by atomic mass is 17.2. The average molecular weight is 170 g/mol. The molecule has 4 nitrogen and oxygen atoms in total. The van der Waals surface area contributed by atoms with Gasteiger partial charge in [-0.15, -0.1) is 0 Å². The summed E-state index contributed by atoms with van der Waals surface area (Å²) in [5.74, 6) is -0.312. The second-order valence-electron chi connectivity index (χ2n) is 2.91. The number of fused-ring (bicyclic) bond motifs is 2. The Bertz CT molecular complexity index is 225. The van der Waals surface area contributed by atoms with Gasteiger partial charge in [0.2, 0.25) is 0 Å². The first kappa shape index (κ1) is 7.76. The Hall–Kier alpha value is -0.870. The lowest BCUT2D eigenvalue weighted by molar-refractivity contribution is -0.363. The predicted octanol–water partition coefficient (Wildman–Crippen LogP) is 0.579. The third kappa shape index (κ3) is 1.13. The monoisotopic (exact) mass is 170 g/mol. The zero-order valence-electron chi connectivity index (χ0n) is 6.78. The Kier molecular flexibility index (Phi) is 1.86. The predicted molar refractivity (Wildman–Crippen MR) is 39.1 cm³/mol. The average Bonchev–Trinajstić information content (AvgIpc) is 2.18. The molecule has 3 rings (SSSR count). The molecule has 66 valence electrons. The summed E-state index contributed by atoms with van der Waals surface area (Å²) in [6.07, 6.45) is 3.26. The number of esters is 1. The molecule has 0 N–H and O–H groups in total. The number of hydrogen-bond acceptors (Lipinski definition) is 4. The topological polar surface area (TPSA) is 44.8 Å². The second-order valence-corrected chi connectivity index (χ2v) is 2.91. The molecule has 2 heterocycles. The zero-order valence-corrected chi connectivity index (χ0v) is 6.78. The molecule has 0 radical (unpaired) electrons. The van der Waals surface area contributed by atoms with Gasteiger partial charge in [0.25, 0.3) is 0 Å². The standard InChI is InChI=1S/C8H10O4/c1-10-8(9)6-4-5-2-3-7(6)12-11-5/h4-5,7H,2-3H2,1H3/t5-,7+/m0/s1. The summed E-state index contributed by atoms with van der Waals surface area (Å²) in [7, 11) is 1.37. The lowest BCUT2D eigenvalue weighted by Gasteiger charge is -2.32. The smallest absolute Gasteiger partial charge is 0.336 e. The largest absolute Gasteiger partial charge is 0.466 e. The summed E-state index contributed by atoms with van der Waals surface area (Å²) in [5, 5.41) is 0. The van der Waals surface area contributed by atoms with E-state index in [0.717, 1.165) is 12.8 Å². The maximum Gasteiger partial charge on any atom is 0.336 e. The van der Waals surface area contributed by atoms with E-state index < -0.39 is 0 Å². The second kappa shape index (κ2) is 2.88. The van der Waals surface area contributed by atoms with Gasteiger partial charge in [-0.05, 0) is 18.9 Å². The number of ether oxygens (including phenoxy) is 1. The third-order valence-corrected chi connectivity index (χ3v) is 2.14. The number of methoxy groups -OCH3 is 1. The van der Waals surface area contributed by atoms with Gasteiger partial charge in [-0.3, -0.25) is 0 Å². The Morgan fingerprint density at radius 2 is 2.42 bits per heavy atom. The van der Waals surface area contributed by atoms with E-state index in [-0.39, 0.29) is 18.2 Å². The van der Waals surface area contributed by atoms with Crippen molar-refractivity contribution in [1.29, 1.82) is 0 Å².